The van der Waals surface area contributed by atoms with Crippen molar-refractivity contribution >= 4 is 37.3 Å². The molecule has 2 aromatic carbocycles. The van der Waals surface area contributed by atoms with Crippen LogP contribution in [-0.4, -0.2) is 34.2 Å². The first-order chi connectivity index (χ1) is 11.7. The Bertz CT molecular complexity index is 956. The zero-order valence-corrected chi connectivity index (χ0v) is 16.2. The molecule has 0 saturated carbocycles. The van der Waals surface area contributed by atoms with Gasteiger partial charge in [0.05, 0.1) is 15.5 Å². The maximum Gasteiger partial charge on any atom is 0.261 e. The van der Waals surface area contributed by atoms with Crippen molar-refractivity contribution in [1.29, 1.82) is 0 Å². The second-order valence-electron chi connectivity index (χ2n) is 5.18. The molecule has 0 saturated heterocycles. The second kappa shape index (κ2) is 7.74. The molecule has 0 bridgehead atoms. The van der Waals surface area contributed by atoms with Crippen LogP contribution in [0.4, 0.5) is 5.69 Å². The molecule has 9 heteroatoms. The van der Waals surface area contributed by atoms with E-state index in [0.29, 0.717) is 18.1 Å². The van der Waals surface area contributed by atoms with Gasteiger partial charge in [-0.3, -0.25) is 4.72 Å². The molecule has 6 nitrogen and oxygen atoms in total. The van der Waals surface area contributed by atoms with Crippen LogP contribution in [-0.2, 0) is 20.0 Å². The molecule has 136 valence electrons. The number of hydrogen-bond donors (Lipinski definition) is 1. The molecule has 25 heavy (non-hydrogen) atoms. The third kappa shape index (κ3) is 4.52. The maximum absolute atomic E-state index is 12.6. The minimum Gasteiger partial charge on any atom is -0.280 e. The molecule has 1 N–H and O–H groups in total. The lowest BCUT2D eigenvalue weighted by molar-refractivity contribution is 0.445. The summed E-state index contributed by atoms with van der Waals surface area (Å²) in [5, 5.41) is 0.292. The minimum atomic E-state index is -3.87. The lowest BCUT2D eigenvalue weighted by Crippen LogP contribution is -2.30. The standard InChI is InChI=1S/C16H19ClN2O4S2/c1-3-19(4-2)25(22,23)16-10-6-8-14(12-16)18-24(20,21)15-9-5-7-13(17)11-15/h5-12,18H,3-4H2,1-2H3. The summed E-state index contributed by atoms with van der Waals surface area (Å²) in [5.41, 5.74) is 0.160. The van der Waals surface area contributed by atoms with Crippen LogP contribution in [0, 0.1) is 0 Å². The molecule has 0 heterocycles. The van der Waals surface area contributed by atoms with Gasteiger partial charge in [0.2, 0.25) is 10.0 Å². The first-order valence-corrected chi connectivity index (χ1v) is 10.9. The van der Waals surface area contributed by atoms with Crippen molar-refractivity contribution in [2.75, 3.05) is 17.8 Å². The Labute approximate surface area is 153 Å². The average Bonchev–Trinajstić information content (AvgIpc) is 2.55. The lowest BCUT2D eigenvalue weighted by atomic mass is 10.3. The SMILES string of the molecule is CCN(CC)S(=O)(=O)c1cccc(NS(=O)(=O)c2cccc(Cl)c2)c1. The molecule has 0 spiro atoms. The Morgan fingerprint density at radius 2 is 1.52 bits per heavy atom. The van der Waals surface area contributed by atoms with Gasteiger partial charge in [0.15, 0.2) is 0 Å². The van der Waals surface area contributed by atoms with Gasteiger partial charge in [0.1, 0.15) is 0 Å². The Morgan fingerprint density at radius 3 is 2.12 bits per heavy atom. The third-order valence-corrected chi connectivity index (χ3v) is 7.20. The van der Waals surface area contributed by atoms with E-state index in [4.69, 9.17) is 11.6 Å². The molecule has 2 aromatic rings. The van der Waals surface area contributed by atoms with E-state index in [1.54, 1.807) is 19.9 Å². The van der Waals surface area contributed by atoms with E-state index in [1.807, 2.05) is 0 Å². The average molecular weight is 403 g/mol. The van der Waals surface area contributed by atoms with Gasteiger partial charge in [-0.25, -0.2) is 16.8 Å². The second-order valence-corrected chi connectivity index (χ2v) is 9.24. The number of sulfonamides is 2. The molecule has 0 radical (unpaired) electrons. The predicted octanol–water partition coefficient (Wildman–Crippen LogP) is 3.17. The molecule has 2 rings (SSSR count). The summed E-state index contributed by atoms with van der Waals surface area (Å²) >= 11 is 5.83. The van der Waals surface area contributed by atoms with Crippen molar-refractivity contribution in [1.82, 2.24) is 4.31 Å². The van der Waals surface area contributed by atoms with Gasteiger partial charge in [-0.1, -0.05) is 37.6 Å². The first-order valence-electron chi connectivity index (χ1n) is 7.59. The summed E-state index contributed by atoms with van der Waals surface area (Å²) in [6.45, 7) is 4.15. The summed E-state index contributed by atoms with van der Waals surface area (Å²) in [6, 6.07) is 11.5. The summed E-state index contributed by atoms with van der Waals surface area (Å²) in [7, 11) is -7.55. The highest BCUT2D eigenvalue weighted by Crippen LogP contribution is 2.23. The number of nitrogens with one attached hydrogen (secondary N) is 1. The predicted molar refractivity (Wildman–Crippen MR) is 98.8 cm³/mol. The fraction of sp³-hybridized carbons (Fsp3) is 0.250. The van der Waals surface area contributed by atoms with Crippen LogP contribution in [0.3, 0.4) is 0 Å². The fourth-order valence-electron chi connectivity index (χ4n) is 2.28. The normalized spacial score (nSPS) is 12.3. The molecule has 0 aliphatic rings. The molecule has 0 atom stereocenters. The van der Waals surface area contributed by atoms with E-state index in [2.05, 4.69) is 4.72 Å². The van der Waals surface area contributed by atoms with Crippen molar-refractivity contribution in [3.63, 3.8) is 0 Å². The number of nitrogens with zero attached hydrogens (tertiary/aromatic N) is 1. The largest absolute Gasteiger partial charge is 0.280 e. The topological polar surface area (TPSA) is 83.6 Å². The van der Waals surface area contributed by atoms with E-state index in [0.717, 1.165) is 0 Å². The molecular formula is C16H19ClN2O4S2. The summed E-state index contributed by atoms with van der Waals surface area (Å²) in [6.07, 6.45) is 0. The fourth-order valence-corrected chi connectivity index (χ4v) is 5.14. The molecule has 0 fully saturated rings. The van der Waals surface area contributed by atoms with Gasteiger partial charge in [0, 0.05) is 18.1 Å². The van der Waals surface area contributed by atoms with Gasteiger partial charge in [0.25, 0.3) is 10.0 Å². The zero-order valence-electron chi connectivity index (χ0n) is 13.8. The Morgan fingerprint density at radius 1 is 0.920 bits per heavy atom. The first kappa shape index (κ1) is 19.7. The lowest BCUT2D eigenvalue weighted by Gasteiger charge is -2.19. The van der Waals surface area contributed by atoms with Gasteiger partial charge < -0.3 is 0 Å². The van der Waals surface area contributed by atoms with E-state index < -0.39 is 20.0 Å². The van der Waals surface area contributed by atoms with E-state index in [1.165, 1.54) is 46.8 Å². The van der Waals surface area contributed by atoms with E-state index in [-0.39, 0.29) is 15.5 Å². The smallest absolute Gasteiger partial charge is 0.261 e. The third-order valence-electron chi connectivity index (χ3n) is 3.54. The van der Waals surface area contributed by atoms with Gasteiger partial charge in [-0.2, -0.15) is 4.31 Å². The quantitative estimate of drug-likeness (QED) is 0.770. The molecule has 0 amide bonds. The Balaban J connectivity index is 2.37. The Kier molecular flexibility index (Phi) is 6.10. The highest BCUT2D eigenvalue weighted by molar-refractivity contribution is 7.92. The van der Waals surface area contributed by atoms with Crippen LogP contribution in [0.2, 0.25) is 5.02 Å². The van der Waals surface area contributed by atoms with Crippen LogP contribution in [0.1, 0.15) is 13.8 Å². The van der Waals surface area contributed by atoms with Crippen molar-refractivity contribution in [3.8, 4) is 0 Å². The zero-order chi connectivity index (χ0) is 18.7. The molecule has 0 aromatic heterocycles. The number of anilines is 1. The van der Waals surface area contributed by atoms with Crippen molar-refractivity contribution in [3.05, 3.63) is 53.6 Å². The van der Waals surface area contributed by atoms with Crippen molar-refractivity contribution in [2.24, 2.45) is 0 Å². The molecular weight excluding hydrogens is 384 g/mol. The van der Waals surface area contributed by atoms with Gasteiger partial charge in [-0.15, -0.1) is 0 Å². The Hall–Kier alpha value is -1.61. The van der Waals surface area contributed by atoms with Crippen molar-refractivity contribution < 1.29 is 16.8 Å². The van der Waals surface area contributed by atoms with Crippen LogP contribution in [0.5, 0.6) is 0 Å². The number of benzene rings is 2. The summed E-state index contributed by atoms with van der Waals surface area (Å²) in [4.78, 5) is 0.0273. The summed E-state index contributed by atoms with van der Waals surface area (Å²) < 4.78 is 53.7. The molecule has 0 aliphatic carbocycles. The molecule has 0 aliphatic heterocycles. The van der Waals surface area contributed by atoms with Crippen molar-refractivity contribution in [2.45, 2.75) is 23.6 Å². The number of hydrogen-bond acceptors (Lipinski definition) is 4. The number of rotatable bonds is 7. The van der Waals surface area contributed by atoms with E-state index in [9.17, 15) is 16.8 Å². The van der Waals surface area contributed by atoms with Crippen LogP contribution in [0.15, 0.2) is 58.3 Å². The maximum atomic E-state index is 12.6. The number of halogens is 1. The highest BCUT2D eigenvalue weighted by atomic mass is 35.5. The van der Waals surface area contributed by atoms with Crippen LogP contribution in [0.25, 0.3) is 0 Å². The van der Waals surface area contributed by atoms with E-state index >= 15 is 0 Å². The van der Waals surface area contributed by atoms with Gasteiger partial charge >= 0.3 is 0 Å². The molecule has 0 unspecified atom stereocenters. The van der Waals surface area contributed by atoms with Crippen LogP contribution >= 0.6 is 11.6 Å². The summed E-state index contributed by atoms with van der Waals surface area (Å²) in [5.74, 6) is 0. The highest BCUT2D eigenvalue weighted by Gasteiger charge is 2.22. The monoisotopic (exact) mass is 402 g/mol. The minimum absolute atomic E-state index is 0.00277. The van der Waals surface area contributed by atoms with Gasteiger partial charge in [-0.05, 0) is 36.4 Å². The van der Waals surface area contributed by atoms with Crippen LogP contribution < -0.4 is 4.72 Å².